The summed E-state index contributed by atoms with van der Waals surface area (Å²) < 4.78 is 15.0. The minimum Gasteiger partial charge on any atom is -0.480 e. The molecule has 1 aliphatic rings. The summed E-state index contributed by atoms with van der Waals surface area (Å²) in [5.74, 6) is -3.34. The Morgan fingerprint density at radius 3 is 1.69 bits per heavy atom. The third kappa shape index (κ3) is 15.7. The molecule has 0 aromatic rings. The van der Waals surface area contributed by atoms with Crippen molar-refractivity contribution in [3.05, 3.63) is 0 Å². The molecular weight excluding hydrogens is 556 g/mol. The van der Waals surface area contributed by atoms with Gasteiger partial charge in [0, 0.05) is 34.8 Å². The van der Waals surface area contributed by atoms with Crippen molar-refractivity contribution in [1.29, 1.82) is 0 Å². The number of hydrogen-bond donors (Lipinski definition) is 4. The molecule has 39 heavy (non-hydrogen) atoms. The lowest BCUT2D eigenvalue weighted by atomic mass is 9.99. The fraction of sp³-hybridized carbons (Fsp3) is 0.750. The number of hydrogen-bond acceptors (Lipinski definition) is 12. The molecule has 0 spiro atoms. The number of carbonyl (C=O) groups excluding carboxylic acids is 4. The molecule has 1 rings (SSSR count). The molecule has 15 heteroatoms. The molecule has 4 N–H and O–H groups in total. The number of nitrogens with one attached hydrogen (secondary N) is 2. The highest BCUT2D eigenvalue weighted by molar-refractivity contribution is 8.04. The summed E-state index contributed by atoms with van der Waals surface area (Å²) in [6.07, 6.45) is 1.50. The zero-order valence-electron chi connectivity index (χ0n) is 22.2. The van der Waals surface area contributed by atoms with E-state index in [2.05, 4.69) is 10.6 Å². The van der Waals surface area contributed by atoms with Gasteiger partial charge in [-0.05, 0) is 26.8 Å². The number of carboxylic acids is 2. The molecular formula is C24H38N2O11S2. The Kier molecular flexibility index (Phi) is 17.5. The molecule has 0 radical (unpaired) electrons. The van der Waals surface area contributed by atoms with Crippen LogP contribution in [-0.4, -0.2) is 113 Å². The van der Waals surface area contributed by atoms with Gasteiger partial charge < -0.3 is 39.9 Å². The second-order valence-corrected chi connectivity index (χ2v) is 11.3. The van der Waals surface area contributed by atoms with Crippen molar-refractivity contribution in [2.45, 2.75) is 68.0 Å². The van der Waals surface area contributed by atoms with E-state index in [-0.39, 0.29) is 74.1 Å². The molecule has 1 saturated carbocycles. The van der Waals surface area contributed by atoms with Gasteiger partial charge in [0.1, 0.15) is 31.1 Å². The minimum absolute atomic E-state index is 0.00957. The molecule has 0 aliphatic heterocycles. The first-order valence-corrected chi connectivity index (χ1v) is 14.7. The maximum absolute atomic E-state index is 12.2. The molecule has 13 nitrogen and oxygen atoms in total. The highest BCUT2D eigenvalue weighted by atomic mass is 32.2. The van der Waals surface area contributed by atoms with Crippen LogP contribution in [0.25, 0.3) is 0 Å². The molecule has 1 amide bonds. The molecule has 0 heterocycles. The number of esters is 2. The van der Waals surface area contributed by atoms with E-state index in [9.17, 15) is 33.9 Å². The van der Waals surface area contributed by atoms with Crippen LogP contribution in [0.1, 0.15) is 45.4 Å². The molecule has 0 aromatic carbocycles. The van der Waals surface area contributed by atoms with Crippen LogP contribution in [0.15, 0.2) is 0 Å². The standard InChI is InChI=1S/C24H38N2O11S2/c1-15(27)3-7-21(29)36-11-9-35-10-12-37-22(30)8-6-20(28)26-17(24(33)34)14-39-19-5-4-18(19)38-13-16(25-2)23(31)32/h16-19,25H,3-14H2,1-2H3,(H,26,28)(H,31,32)(H,33,34). The second-order valence-electron chi connectivity index (χ2n) is 8.71. The highest BCUT2D eigenvalue weighted by Gasteiger charge is 2.34. The predicted octanol–water partition coefficient (Wildman–Crippen LogP) is 0.478. The maximum atomic E-state index is 12.2. The van der Waals surface area contributed by atoms with Gasteiger partial charge in [0.2, 0.25) is 5.91 Å². The SMILES string of the molecule is CNC(CSC1CCC1SCC(NC(=O)CCC(=O)OCCOCCOC(=O)CCC(C)=O)C(=O)O)C(=O)O. The van der Waals surface area contributed by atoms with E-state index in [1.807, 2.05) is 0 Å². The molecule has 4 unspecified atom stereocenters. The van der Waals surface area contributed by atoms with Crippen LogP contribution in [0.5, 0.6) is 0 Å². The average molecular weight is 595 g/mol. The van der Waals surface area contributed by atoms with Gasteiger partial charge >= 0.3 is 23.9 Å². The first-order chi connectivity index (χ1) is 18.5. The monoisotopic (exact) mass is 594 g/mol. The largest absolute Gasteiger partial charge is 0.480 e. The maximum Gasteiger partial charge on any atom is 0.327 e. The number of carboxylic acid groups (broad SMARTS) is 2. The van der Waals surface area contributed by atoms with E-state index >= 15 is 0 Å². The van der Waals surface area contributed by atoms with Crippen molar-refractivity contribution in [3.63, 3.8) is 0 Å². The fourth-order valence-electron chi connectivity index (χ4n) is 3.15. The van der Waals surface area contributed by atoms with Crippen molar-refractivity contribution in [2.75, 3.05) is 45.0 Å². The number of aliphatic carboxylic acids is 2. The van der Waals surface area contributed by atoms with Crippen LogP contribution >= 0.6 is 23.5 Å². The normalized spacial score (nSPS) is 17.8. The Balaban J connectivity index is 2.18. The molecule has 1 fully saturated rings. The number of likely N-dealkylation sites (N-methyl/N-ethyl adjacent to an activating group) is 1. The quantitative estimate of drug-likeness (QED) is 0.0998. The van der Waals surface area contributed by atoms with Gasteiger partial charge in [-0.2, -0.15) is 23.5 Å². The van der Waals surface area contributed by atoms with Gasteiger partial charge in [0.15, 0.2) is 0 Å². The van der Waals surface area contributed by atoms with E-state index in [4.69, 9.17) is 19.3 Å². The topological polar surface area (TPSA) is 195 Å². The van der Waals surface area contributed by atoms with Crippen molar-refractivity contribution in [1.82, 2.24) is 10.6 Å². The first-order valence-electron chi connectivity index (χ1n) is 12.6. The Hall–Kier alpha value is -2.36. The second kappa shape index (κ2) is 19.7. The van der Waals surface area contributed by atoms with Gasteiger partial charge in [0.25, 0.3) is 0 Å². The van der Waals surface area contributed by atoms with Crippen molar-refractivity contribution in [3.8, 4) is 0 Å². The molecule has 0 bridgehead atoms. The Morgan fingerprint density at radius 2 is 1.26 bits per heavy atom. The third-order valence-corrected chi connectivity index (χ3v) is 8.81. The Morgan fingerprint density at radius 1 is 0.769 bits per heavy atom. The molecule has 0 aromatic heterocycles. The summed E-state index contributed by atoms with van der Waals surface area (Å²) in [5, 5.41) is 24.2. The molecule has 0 saturated heterocycles. The molecule has 222 valence electrons. The number of ketones is 1. The van der Waals surface area contributed by atoms with Crippen LogP contribution in [0.2, 0.25) is 0 Å². The summed E-state index contributed by atoms with van der Waals surface area (Å²) in [4.78, 5) is 68.9. The van der Waals surface area contributed by atoms with Crippen LogP contribution in [0.3, 0.4) is 0 Å². The predicted molar refractivity (Wildman–Crippen MR) is 144 cm³/mol. The van der Waals surface area contributed by atoms with Crippen LogP contribution in [0.4, 0.5) is 0 Å². The number of amides is 1. The van der Waals surface area contributed by atoms with E-state index < -0.39 is 41.9 Å². The number of rotatable bonds is 22. The van der Waals surface area contributed by atoms with Gasteiger partial charge in [-0.15, -0.1) is 0 Å². The smallest absolute Gasteiger partial charge is 0.327 e. The first kappa shape index (κ1) is 34.7. The fourth-order valence-corrected chi connectivity index (χ4v) is 6.34. The third-order valence-electron chi connectivity index (χ3n) is 5.60. The minimum atomic E-state index is -1.18. The summed E-state index contributed by atoms with van der Waals surface area (Å²) in [6.45, 7) is 1.49. The van der Waals surface area contributed by atoms with Gasteiger partial charge in [-0.25, -0.2) is 4.79 Å². The lowest BCUT2D eigenvalue weighted by Gasteiger charge is -2.36. The van der Waals surface area contributed by atoms with Crippen LogP contribution < -0.4 is 10.6 Å². The summed E-state index contributed by atoms with van der Waals surface area (Å²) >= 11 is 2.98. The van der Waals surface area contributed by atoms with Crippen molar-refractivity contribution >= 4 is 59.1 Å². The molecule has 1 aliphatic carbocycles. The number of thioether (sulfide) groups is 2. The van der Waals surface area contributed by atoms with E-state index in [1.165, 1.54) is 18.7 Å². The van der Waals surface area contributed by atoms with Crippen molar-refractivity contribution < 1.29 is 53.2 Å². The number of Topliss-reactive ketones (excluding diaryl/α,β-unsaturated/α-hetero) is 1. The van der Waals surface area contributed by atoms with Gasteiger partial charge in [0.05, 0.1) is 26.1 Å². The Labute approximate surface area is 235 Å². The van der Waals surface area contributed by atoms with E-state index in [1.54, 1.807) is 18.8 Å². The number of carbonyl (C=O) groups is 6. The number of ether oxygens (including phenoxy) is 3. The summed E-state index contributed by atoms with van der Waals surface area (Å²) in [5.41, 5.74) is 0. The van der Waals surface area contributed by atoms with Crippen LogP contribution in [0, 0.1) is 0 Å². The van der Waals surface area contributed by atoms with Gasteiger partial charge in [-0.3, -0.25) is 19.2 Å². The molecule has 4 atom stereocenters. The summed E-state index contributed by atoms with van der Waals surface area (Å²) in [7, 11) is 1.59. The zero-order valence-corrected chi connectivity index (χ0v) is 23.8. The summed E-state index contributed by atoms with van der Waals surface area (Å²) in [6, 6.07) is -1.76. The van der Waals surface area contributed by atoms with E-state index in [0.29, 0.717) is 5.75 Å². The zero-order chi connectivity index (χ0) is 29.2. The lowest BCUT2D eigenvalue weighted by Crippen LogP contribution is -2.44. The van der Waals surface area contributed by atoms with Gasteiger partial charge in [-0.1, -0.05) is 0 Å². The highest BCUT2D eigenvalue weighted by Crippen LogP contribution is 2.40. The lowest BCUT2D eigenvalue weighted by molar-refractivity contribution is -0.148. The van der Waals surface area contributed by atoms with Crippen LogP contribution in [-0.2, 0) is 43.0 Å². The Bertz CT molecular complexity index is 843. The van der Waals surface area contributed by atoms with Crippen molar-refractivity contribution in [2.24, 2.45) is 0 Å². The van der Waals surface area contributed by atoms with E-state index in [0.717, 1.165) is 12.8 Å². The average Bonchev–Trinajstić information content (AvgIpc) is 2.86.